The molecule has 0 radical (unpaired) electrons. The minimum atomic E-state index is 0.254. The summed E-state index contributed by atoms with van der Waals surface area (Å²) in [6.07, 6.45) is 4.90. The van der Waals surface area contributed by atoms with Gasteiger partial charge in [0.25, 0.3) is 0 Å². The standard InChI is InChI=1S/C18H22N2O2/c1-21-17-4-2-15(3-5-17)12-18-14-20(10-11-22-18)13-16-6-8-19-9-7-16/h2-9,18H,10-14H2,1H3/t18-/m0/s1. The van der Waals surface area contributed by atoms with E-state index in [1.165, 1.54) is 11.1 Å². The zero-order chi connectivity index (χ0) is 15.2. The summed E-state index contributed by atoms with van der Waals surface area (Å²) in [6.45, 7) is 3.71. The Hall–Kier alpha value is -1.91. The largest absolute Gasteiger partial charge is 0.497 e. The van der Waals surface area contributed by atoms with Crippen LogP contribution in [0, 0.1) is 0 Å². The van der Waals surface area contributed by atoms with Crippen LogP contribution in [0.1, 0.15) is 11.1 Å². The predicted molar refractivity (Wildman–Crippen MR) is 86.0 cm³/mol. The lowest BCUT2D eigenvalue weighted by atomic mass is 10.1. The SMILES string of the molecule is COc1ccc(C[C@H]2CN(Cc3ccncc3)CCO2)cc1. The Bertz CT molecular complexity index is 571. The fraction of sp³-hybridized carbons (Fsp3) is 0.389. The maximum atomic E-state index is 5.92. The Kier molecular flexibility index (Phi) is 5.03. The molecule has 0 saturated carbocycles. The smallest absolute Gasteiger partial charge is 0.118 e. The third-order valence-electron chi connectivity index (χ3n) is 4.00. The minimum absolute atomic E-state index is 0.254. The van der Waals surface area contributed by atoms with Gasteiger partial charge in [0.15, 0.2) is 0 Å². The first-order valence-corrected chi connectivity index (χ1v) is 7.69. The molecule has 22 heavy (non-hydrogen) atoms. The second-order valence-electron chi connectivity index (χ2n) is 5.64. The first kappa shape index (κ1) is 15.0. The van der Waals surface area contributed by atoms with E-state index in [1.54, 1.807) is 7.11 Å². The summed E-state index contributed by atoms with van der Waals surface area (Å²) in [7, 11) is 1.69. The molecule has 1 atom stereocenters. The van der Waals surface area contributed by atoms with Gasteiger partial charge in [-0.1, -0.05) is 12.1 Å². The van der Waals surface area contributed by atoms with Gasteiger partial charge in [0.2, 0.25) is 0 Å². The van der Waals surface area contributed by atoms with Gasteiger partial charge in [-0.2, -0.15) is 0 Å². The van der Waals surface area contributed by atoms with Crippen molar-refractivity contribution in [3.63, 3.8) is 0 Å². The molecule has 1 aromatic heterocycles. The van der Waals surface area contributed by atoms with Crippen molar-refractivity contribution in [3.8, 4) is 5.75 Å². The summed E-state index contributed by atoms with van der Waals surface area (Å²) in [6, 6.07) is 12.4. The summed E-state index contributed by atoms with van der Waals surface area (Å²) in [5.41, 5.74) is 2.59. The van der Waals surface area contributed by atoms with Crippen LogP contribution in [0.4, 0.5) is 0 Å². The second kappa shape index (κ2) is 7.38. The summed E-state index contributed by atoms with van der Waals surface area (Å²) in [5.74, 6) is 0.896. The maximum Gasteiger partial charge on any atom is 0.118 e. The summed E-state index contributed by atoms with van der Waals surface area (Å²) in [4.78, 5) is 6.52. The van der Waals surface area contributed by atoms with Crippen molar-refractivity contribution < 1.29 is 9.47 Å². The van der Waals surface area contributed by atoms with Crippen LogP contribution in [0.3, 0.4) is 0 Å². The first-order valence-electron chi connectivity index (χ1n) is 7.69. The van der Waals surface area contributed by atoms with Crippen LogP contribution in [0.5, 0.6) is 5.75 Å². The zero-order valence-electron chi connectivity index (χ0n) is 12.9. The predicted octanol–water partition coefficient (Wildman–Crippen LogP) is 2.53. The molecular formula is C18H22N2O2. The normalized spacial score (nSPS) is 19.0. The molecule has 0 N–H and O–H groups in total. The Labute approximate surface area is 131 Å². The molecule has 2 heterocycles. The Morgan fingerprint density at radius 2 is 1.91 bits per heavy atom. The van der Waals surface area contributed by atoms with Gasteiger partial charge < -0.3 is 9.47 Å². The molecule has 0 unspecified atom stereocenters. The molecule has 1 saturated heterocycles. The van der Waals surface area contributed by atoms with Crippen molar-refractivity contribution in [2.75, 3.05) is 26.8 Å². The van der Waals surface area contributed by atoms with E-state index < -0.39 is 0 Å². The van der Waals surface area contributed by atoms with Crippen LogP contribution in [-0.4, -0.2) is 42.8 Å². The maximum absolute atomic E-state index is 5.92. The Morgan fingerprint density at radius 1 is 1.14 bits per heavy atom. The van der Waals surface area contributed by atoms with E-state index in [2.05, 4.69) is 34.1 Å². The topological polar surface area (TPSA) is 34.6 Å². The lowest BCUT2D eigenvalue weighted by molar-refractivity contribution is -0.0305. The minimum Gasteiger partial charge on any atom is -0.497 e. The molecular weight excluding hydrogens is 276 g/mol. The molecule has 4 heteroatoms. The molecule has 1 aromatic carbocycles. The number of rotatable bonds is 5. The number of pyridine rings is 1. The summed E-state index contributed by atoms with van der Waals surface area (Å²) in [5, 5.41) is 0. The van der Waals surface area contributed by atoms with Gasteiger partial charge in [0.1, 0.15) is 5.75 Å². The average molecular weight is 298 g/mol. The highest BCUT2D eigenvalue weighted by molar-refractivity contribution is 5.27. The lowest BCUT2D eigenvalue weighted by Gasteiger charge is -2.33. The van der Waals surface area contributed by atoms with E-state index in [-0.39, 0.29) is 6.10 Å². The van der Waals surface area contributed by atoms with Gasteiger partial charge in [-0.15, -0.1) is 0 Å². The first-order chi connectivity index (χ1) is 10.8. The molecule has 4 nitrogen and oxygen atoms in total. The molecule has 0 amide bonds. The van der Waals surface area contributed by atoms with Crippen molar-refractivity contribution >= 4 is 0 Å². The van der Waals surface area contributed by atoms with Gasteiger partial charge >= 0.3 is 0 Å². The van der Waals surface area contributed by atoms with Crippen LogP contribution in [0.15, 0.2) is 48.8 Å². The number of morpholine rings is 1. The van der Waals surface area contributed by atoms with Crippen molar-refractivity contribution in [2.45, 2.75) is 19.1 Å². The van der Waals surface area contributed by atoms with Gasteiger partial charge in [0.05, 0.1) is 19.8 Å². The molecule has 1 aliphatic rings. The third kappa shape index (κ3) is 4.06. The summed E-state index contributed by atoms with van der Waals surface area (Å²) < 4.78 is 11.1. The quantitative estimate of drug-likeness (QED) is 0.849. The van der Waals surface area contributed by atoms with E-state index >= 15 is 0 Å². The monoisotopic (exact) mass is 298 g/mol. The number of aromatic nitrogens is 1. The van der Waals surface area contributed by atoms with Gasteiger partial charge in [-0.3, -0.25) is 9.88 Å². The molecule has 0 aliphatic carbocycles. The highest BCUT2D eigenvalue weighted by atomic mass is 16.5. The molecule has 2 aromatic rings. The summed E-state index contributed by atoms with van der Waals surface area (Å²) >= 11 is 0. The van der Waals surface area contributed by atoms with Crippen LogP contribution >= 0.6 is 0 Å². The number of methoxy groups -OCH3 is 1. The van der Waals surface area contributed by atoms with Crippen LogP contribution < -0.4 is 4.74 Å². The van der Waals surface area contributed by atoms with E-state index in [1.807, 2.05) is 24.5 Å². The molecule has 0 spiro atoms. The van der Waals surface area contributed by atoms with E-state index in [9.17, 15) is 0 Å². The number of hydrogen-bond donors (Lipinski definition) is 0. The van der Waals surface area contributed by atoms with Crippen molar-refractivity contribution in [1.29, 1.82) is 0 Å². The fourth-order valence-corrected chi connectivity index (χ4v) is 2.82. The highest BCUT2D eigenvalue weighted by Crippen LogP contribution is 2.17. The number of ether oxygens (including phenoxy) is 2. The van der Waals surface area contributed by atoms with Crippen molar-refractivity contribution in [3.05, 3.63) is 59.9 Å². The molecule has 1 fully saturated rings. The van der Waals surface area contributed by atoms with E-state index in [0.717, 1.165) is 38.4 Å². The van der Waals surface area contributed by atoms with Crippen LogP contribution in [-0.2, 0) is 17.7 Å². The lowest BCUT2D eigenvalue weighted by Crippen LogP contribution is -2.42. The van der Waals surface area contributed by atoms with Gasteiger partial charge in [-0.05, 0) is 41.8 Å². The molecule has 3 rings (SSSR count). The third-order valence-corrected chi connectivity index (χ3v) is 4.00. The number of nitrogens with zero attached hydrogens (tertiary/aromatic N) is 2. The Morgan fingerprint density at radius 3 is 2.64 bits per heavy atom. The van der Waals surface area contributed by atoms with E-state index in [4.69, 9.17) is 9.47 Å². The number of benzene rings is 1. The zero-order valence-corrected chi connectivity index (χ0v) is 12.9. The van der Waals surface area contributed by atoms with Crippen molar-refractivity contribution in [1.82, 2.24) is 9.88 Å². The Balaban J connectivity index is 1.55. The number of hydrogen-bond acceptors (Lipinski definition) is 4. The average Bonchev–Trinajstić information content (AvgIpc) is 2.57. The second-order valence-corrected chi connectivity index (χ2v) is 5.64. The molecule has 1 aliphatic heterocycles. The fourth-order valence-electron chi connectivity index (χ4n) is 2.82. The van der Waals surface area contributed by atoms with E-state index in [0.29, 0.717) is 0 Å². The highest BCUT2D eigenvalue weighted by Gasteiger charge is 2.20. The van der Waals surface area contributed by atoms with Crippen LogP contribution in [0.2, 0.25) is 0 Å². The van der Waals surface area contributed by atoms with Gasteiger partial charge in [-0.25, -0.2) is 0 Å². The van der Waals surface area contributed by atoms with Crippen molar-refractivity contribution in [2.24, 2.45) is 0 Å². The molecule has 0 bridgehead atoms. The van der Waals surface area contributed by atoms with Crippen LogP contribution in [0.25, 0.3) is 0 Å². The van der Waals surface area contributed by atoms with Gasteiger partial charge in [0, 0.05) is 32.0 Å². The molecule has 116 valence electrons.